The van der Waals surface area contributed by atoms with Gasteiger partial charge in [0, 0.05) is 29.0 Å². The average molecular weight is 808 g/mol. The first-order valence-electron chi connectivity index (χ1n) is 10.6. The number of benzene rings is 3. The summed E-state index contributed by atoms with van der Waals surface area (Å²) in [5.41, 5.74) is 2.05. The lowest BCUT2D eigenvalue weighted by molar-refractivity contribution is 0.267. The molecule has 0 fully saturated rings. The van der Waals surface area contributed by atoms with Crippen LogP contribution in [0.25, 0.3) is 10.9 Å². The summed E-state index contributed by atoms with van der Waals surface area (Å²) in [5.74, 6) is 1.58. The Kier molecular flexibility index (Phi) is 9.09. The fraction of sp³-hybridized carbons (Fsp3) is 0.160. The second-order valence-corrected chi connectivity index (χ2v) is 11.8. The lowest BCUT2D eigenvalue weighted by Gasteiger charge is -2.17. The van der Waals surface area contributed by atoms with Crippen LogP contribution in [0.3, 0.4) is 0 Å². The minimum Gasteiger partial charge on any atom is -0.490 e. The van der Waals surface area contributed by atoms with Gasteiger partial charge in [-0.3, -0.25) is 4.79 Å². The molecule has 1 heterocycles. The van der Waals surface area contributed by atoms with E-state index in [-0.39, 0.29) is 5.56 Å². The second kappa shape index (κ2) is 11.9. The lowest BCUT2D eigenvalue weighted by Crippen LogP contribution is -2.20. The molecule has 6 nitrogen and oxygen atoms in total. The molecular weight excluding hydrogens is 790 g/mol. The minimum atomic E-state index is -0.254. The van der Waals surface area contributed by atoms with Crippen LogP contribution in [0.15, 0.2) is 74.7 Å². The first-order valence-corrected chi connectivity index (χ1v) is 14.6. The van der Waals surface area contributed by atoms with Gasteiger partial charge in [0.1, 0.15) is 12.4 Å². The molecule has 0 unspecified atom stereocenters. The molecule has 0 saturated heterocycles. The van der Waals surface area contributed by atoms with Crippen LogP contribution >= 0.6 is 79.6 Å². The number of fused-ring (bicyclic) bond motifs is 1. The molecule has 0 aliphatic rings. The molecule has 0 atom stereocenters. The molecule has 4 rings (SSSR count). The third kappa shape index (κ3) is 5.96. The van der Waals surface area contributed by atoms with Crippen molar-refractivity contribution in [2.75, 3.05) is 6.61 Å². The Morgan fingerprint density at radius 3 is 2.42 bits per heavy atom. The Bertz CT molecular complexity index is 1550. The summed E-state index contributed by atoms with van der Waals surface area (Å²) in [4.78, 5) is 17.6. The molecule has 186 valence electrons. The molecule has 0 aliphatic heterocycles. The van der Waals surface area contributed by atoms with Crippen molar-refractivity contribution >= 4 is 96.8 Å². The van der Waals surface area contributed by atoms with Crippen LogP contribution in [-0.2, 0) is 6.61 Å². The van der Waals surface area contributed by atoms with Crippen LogP contribution in [0.1, 0.15) is 23.9 Å². The highest BCUT2D eigenvalue weighted by Gasteiger charge is 2.18. The van der Waals surface area contributed by atoms with Crippen LogP contribution < -0.4 is 15.0 Å². The predicted octanol–water partition coefficient (Wildman–Crippen LogP) is 8.38. The molecule has 1 aromatic heterocycles. The minimum absolute atomic E-state index is 0.254. The van der Waals surface area contributed by atoms with E-state index in [1.54, 1.807) is 25.3 Å². The van der Waals surface area contributed by atoms with E-state index in [1.807, 2.05) is 37.3 Å². The topological polar surface area (TPSA) is 65.7 Å². The molecule has 4 aromatic rings. The molecule has 0 saturated carbocycles. The van der Waals surface area contributed by atoms with Crippen molar-refractivity contribution in [1.29, 1.82) is 0 Å². The monoisotopic (exact) mass is 803 g/mol. The van der Waals surface area contributed by atoms with Crippen molar-refractivity contribution in [3.05, 3.63) is 92.1 Å². The largest absolute Gasteiger partial charge is 0.490 e. The fourth-order valence-electron chi connectivity index (χ4n) is 3.40. The lowest BCUT2D eigenvalue weighted by atomic mass is 10.2. The number of halogens is 5. The quantitative estimate of drug-likeness (QED) is 0.176. The van der Waals surface area contributed by atoms with Crippen molar-refractivity contribution in [3.63, 3.8) is 0 Å². The SMILES string of the molecule is CCOc1cc(C=Nn2c(C)nc3ccc(Br)cc3c2=O)c(Br)c(Br)c1OCc1ccc(Br)cc1Br. The van der Waals surface area contributed by atoms with E-state index in [1.165, 1.54) is 4.68 Å². The highest BCUT2D eigenvalue weighted by atomic mass is 79.9. The van der Waals surface area contributed by atoms with Gasteiger partial charge in [-0.05, 0) is 82.1 Å². The van der Waals surface area contributed by atoms with Crippen LogP contribution in [0.5, 0.6) is 11.5 Å². The number of aromatic nitrogens is 2. The summed E-state index contributed by atoms with van der Waals surface area (Å²) in [5, 5.41) is 4.92. The van der Waals surface area contributed by atoms with Crippen molar-refractivity contribution in [2.45, 2.75) is 20.5 Å². The van der Waals surface area contributed by atoms with Crippen LogP contribution in [0.2, 0.25) is 0 Å². The van der Waals surface area contributed by atoms with Gasteiger partial charge in [-0.1, -0.05) is 53.9 Å². The third-order valence-corrected chi connectivity index (χ3v) is 8.99. The van der Waals surface area contributed by atoms with Gasteiger partial charge in [0.2, 0.25) is 0 Å². The zero-order valence-electron chi connectivity index (χ0n) is 19.0. The summed E-state index contributed by atoms with van der Waals surface area (Å²) in [6, 6.07) is 13.1. The maximum Gasteiger partial charge on any atom is 0.282 e. The van der Waals surface area contributed by atoms with Crippen molar-refractivity contribution in [3.8, 4) is 11.5 Å². The molecule has 36 heavy (non-hydrogen) atoms. The van der Waals surface area contributed by atoms with Gasteiger partial charge in [0.15, 0.2) is 11.5 Å². The first-order chi connectivity index (χ1) is 17.2. The van der Waals surface area contributed by atoms with Gasteiger partial charge in [0.05, 0.1) is 28.2 Å². The van der Waals surface area contributed by atoms with Gasteiger partial charge in [-0.15, -0.1) is 0 Å². The summed E-state index contributed by atoms with van der Waals surface area (Å²) in [7, 11) is 0. The molecule has 11 heteroatoms. The Labute approximate surface area is 249 Å². The Morgan fingerprint density at radius 1 is 0.972 bits per heavy atom. The normalized spacial score (nSPS) is 11.4. The second-order valence-electron chi connectivity index (χ2n) is 7.56. The van der Waals surface area contributed by atoms with E-state index in [0.717, 1.165) is 19.0 Å². The number of hydrogen-bond acceptors (Lipinski definition) is 5. The van der Waals surface area contributed by atoms with Gasteiger partial charge < -0.3 is 9.47 Å². The van der Waals surface area contributed by atoms with Crippen molar-refractivity contribution in [1.82, 2.24) is 9.66 Å². The third-order valence-electron chi connectivity index (χ3n) is 5.13. The Hall–Kier alpha value is -1.53. The van der Waals surface area contributed by atoms with Crippen LogP contribution in [0, 0.1) is 6.92 Å². The molecule has 3 aromatic carbocycles. The predicted molar refractivity (Wildman–Crippen MR) is 161 cm³/mol. The van der Waals surface area contributed by atoms with Crippen molar-refractivity contribution < 1.29 is 9.47 Å². The molecule has 0 N–H and O–H groups in total. The summed E-state index contributed by atoms with van der Waals surface area (Å²) >= 11 is 17.7. The van der Waals surface area contributed by atoms with Gasteiger partial charge >= 0.3 is 0 Å². The number of hydrogen-bond donors (Lipinski definition) is 0. The summed E-state index contributed by atoms with van der Waals surface area (Å²) in [6.45, 7) is 4.43. The van der Waals surface area contributed by atoms with Gasteiger partial charge in [-0.2, -0.15) is 9.78 Å². The fourth-order valence-corrected chi connectivity index (χ4v) is 5.86. The number of aryl methyl sites for hydroxylation is 1. The highest BCUT2D eigenvalue weighted by Crippen LogP contribution is 2.43. The molecule has 0 aliphatic carbocycles. The van der Waals surface area contributed by atoms with Crippen molar-refractivity contribution in [2.24, 2.45) is 5.10 Å². The molecule has 0 radical (unpaired) electrons. The van der Waals surface area contributed by atoms with E-state index in [9.17, 15) is 4.79 Å². The maximum absolute atomic E-state index is 13.1. The number of nitrogens with zero attached hydrogens (tertiary/aromatic N) is 3. The molecular formula is C25H18Br5N3O3. The van der Waals surface area contributed by atoms with Crippen LogP contribution in [-0.4, -0.2) is 22.5 Å². The molecule has 0 spiro atoms. The van der Waals surface area contributed by atoms with Gasteiger partial charge in [-0.25, -0.2) is 4.98 Å². The van der Waals surface area contributed by atoms with E-state index in [2.05, 4.69) is 89.7 Å². The van der Waals surface area contributed by atoms with E-state index in [4.69, 9.17) is 9.47 Å². The van der Waals surface area contributed by atoms with E-state index in [0.29, 0.717) is 55.9 Å². The molecule has 0 bridgehead atoms. The first kappa shape index (κ1) is 27.5. The number of rotatable bonds is 7. The summed E-state index contributed by atoms with van der Waals surface area (Å²) in [6.07, 6.45) is 1.59. The zero-order chi connectivity index (χ0) is 26.0. The zero-order valence-corrected chi connectivity index (χ0v) is 26.9. The van der Waals surface area contributed by atoms with E-state index >= 15 is 0 Å². The van der Waals surface area contributed by atoms with Crippen LogP contribution in [0.4, 0.5) is 0 Å². The average Bonchev–Trinajstić information content (AvgIpc) is 2.83. The number of ether oxygens (including phenoxy) is 2. The Balaban J connectivity index is 1.71. The van der Waals surface area contributed by atoms with Gasteiger partial charge in [0.25, 0.3) is 5.56 Å². The highest BCUT2D eigenvalue weighted by molar-refractivity contribution is 9.13. The summed E-state index contributed by atoms with van der Waals surface area (Å²) < 4.78 is 17.4. The standard InChI is InChI=1S/C25H18Br5N3O3/c1-3-35-21-8-15(11-31-33-13(2)32-20-7-6-16(26)9-18(20)25(33)34)22(29)23(30)24(21)36-12-14-4-5-17(27)10-19(14)28/h4-11H,3,12H2,1-2H3. The smallest absolute Gasteiger partial charge is 0.282 e. The maximum atomic E-state index is 13.1. The Morgan fingerprint density at radius 2 is 1.69 bits per heavy atom. The van der Waals surface area contributed by atoms with E-state index < -0.39 is 0 Å². The molecule has 0 amide bonds.